The Kier molecular flexibility index (Phi) is 4.88. The van der Waals surface area contributed by atoms with Crippen LogP contribution >= 0.6 is 11.6 Å². The number of halogens is 1. The van der Waals surface area contributed by atoms with Crippen LogP contribution < -0.4 is 21.3 Å². The molecule has 0 aliphatic heterocycles. The van der Waals surface area contributed by atoms with Gasteiger partial charge in [-0.3, -0.25) is 10.4 Å². The molecule has 0 saturated carbocycles. The Hall–Kier alpha value is -1.46. The number of nitrogens with two attached hydrogens (primary N) is 1. The average molecular weight is 243 g/mol. The van der Waals surface area contributed by atoms with Gasteiger partial charge in [0, 0.05) is 12.2 Å². The van der Waals surface area contributed by atoms with Gasteiger partial charge in [-0.05, 0) is 25.1 Å². The van der Waals surface area contributed by atoms with E-state index in [2.05, 4.69) is 15.7 Å². The van der Waals surface area contributed by atoms with Gasteiger partial charge in [0.15, 0.2) is 0 Å². The molecule has 1 aromatic rings. The molecule has 16 heavy (non-hydrogen) atoms. The summed E-state index contributed by atoms with van der Waals surface area (Å²) in [4.78, 5) is 4.11. The molecule has 0 aromatic heterocycles. The highest BCUT2D eigenvalue weighted by atomic mass is 35.5. The number of nitrogens with zero attached hydrogens (tertiary/aromatic N) is 1. The lowest BCUT2D eigenvalue weighted by atomic mass is 10.3. The second kappa shape index (κ2) is 6.19. The number of guanidine groups is 1. The van der Waals surface area contributed by atoms with Crippen LogP contribution in [0.25, 0.3) is 0 Å². The van der Waals surface area contributed by atoms with E-state index in [1.807, 2.05) is 13.0 Å². The molecule has 0 amide bonds. The average Bonchev–Trinajstić information content (AvgIpc) is 2.28. The summed E-state index contributed by atoms with van der Waals surface area (Å²) >= 11 is 5.98. The van der Waals surface area contributed by atoms with Gasteiger partial charge in [-0.15, -0.1) is 0 Å². The van der Waals surface area contributed by atoms with E-state index in [0.717, 1.165) is 5.69 Å². The molecule has 1 aromatic carbocycles. The van der Waals surface area contributed by atoms with Gasteiger partial charge in [0.1, 0.15) is 5.75 Å². The number of benzene rings is 1. The maximum Gasteiger partial charge on any atom is 0.210 e. The molecule has 0 heterocycles. The van der Waals surface area contributed by atoms with Crippen molar-refractivity contribution in [2.45, 2.75) is 6.92 Å². The van der Waals surface area contributed by atoms with Crippen LogP contribution in [0.5, 0.6) is 5.75 Å². The molecule has 0 aliphatic carbocycles. The molecule has 6 heteroatoms. The molecular weight excluding hydrogens is 228 g/mol. The van der Waals surface area contributed by atoms with Gasteiger partial charge in [-0.2, -0.15) is 0 Å². The summed E-state index contributed by atoms with van der Waals surface area (Å²) in [5.74, 6) is 6.42. The van der Waals surface area contributed by atoms with Crippen molar-refractivity contribution >= 4 is 23.2 Å². The summed E-state index contributed by atoms with van der Waals surface area (Å²) < 4.78 is 5.05. The third kappa shape index (κ3) is 3.29. The summed E-state index contributed by atoms with van der Waals surface area (Å²) in [5, 5.41) is 3.52. The van der Waals surface area contributed by atoms with E-state index in [-0.39, 0.29) is 0 Å². The fourth-order valence-electron chi connectivity index (χ4n) is 1.16. The van der Waals surface area contributed by atoms with Crippen LogP contribution in [0.4, 0.5) is 5.69 Å². The van der Waals surface area contributed by atoms with Crippen molar-refractivity contribution in [3.05, 3.63) is 23.2 Å². The fraction of sp³-hybridized carbons (Fsp3) is 0.300. The van der Waals surface area contributed by atoms with E-state index in [1.54, 1.807) is 19.2 Å². The molecule has 0 aliphatic rings. The van der Waals surface area contributed by atoms with Gasteiger partial charge < -0.3 is 10.1 Å². The van der Waals surface area contributed by atoms with E-state index in [0.29, 0.717) is 23.3 Å². The number of hydrogen-bond acceptors (Lipinski definition) is 3. The lowest BCUT2D eigenvalue weighted by Gasteiger charge is -2.10. The molecule has 0 saturated heterocycles. The fourth-order valence-corrected chi connectivity index (χ4v) is 1.42. The zero-order valence-electron chi connectivity index (χ0n) is 9.25. The number of hydrogen-bond donors (Lipinski definition) is 3. The highest BCUT2D eigenvalue weighted by Crippen LogP contribution is 2.26. The molecule has 0 radical (unpaired) electrons. The van der Waals surface area contributed by atoms with Gasteiger partial charge >= 0.3 is 0 Å². The number of rotatable bonds is 3. The normalized spacial score (nSPS) is 11.1. The Labute approximate surface area is 99.6 Å². The Balaban J connectivity index is 2.82. The van der Waals surface area contributed by atoms with Crippen LogP contribution in [0.1, 0.15) is 6.92 Å². The van der Waals surface area contributed by atoms with Gasteiger partial charge in [0.2, 0.25) is 5.96 Å². The summed E-state index contributed by atoms with van der Waals surface area (Å²) in [7, 11) is 1.57. The number of methoxy groups -OCH3 is 1. The first kappa shape index (κ1) is 12.6. The van der Waals surface area contributed by atoms with Crippen LogP contribution in [0.3, 0.4) is 0 Å². The van der Waals surface area contributed by atoms with Crippen molar-refractivity contribution in [3.8, 4) is 5.75 Å². The number of hydrazine groups is 1. The first-order valence-corrected chi connectivity index (χ1v) is 5.20. The van der Waals surface area contributed by atoms with Crippen molar-refractivity contribution in [3.63, 3.8) is 0 Å². The minimum absolute atomic E-state index is 0.490. The van der Waals surface area contributed by atoms with Gasteiger partial charge in [-0.25, -0.2) is 5.84 Å². The van der Waals surface area contributed by atoms with Gasteiger partial charge in [-0.1, -0.05) is 11.6 Å². The monoisotopic (exact) mass is 242 g/mol. The second-order valence-electron chi connectivity index (χ2n) is 2.94. The molecule has 4 N–H and O–H groups in total. The molecule has 5 nitrogen and oxygen atoms in total. The van der Waals surface area contributed by atoms with Crippen molar-refractivity contribution < 1.29 is 4.74 Å². The Morgan fingerprint density at radius 1 is 1.56 bits per heavy atom. The second-order valence-corrected chi connectivity index (χ2v) is 3.35. The maximum absolute atomic E-state index is 5.98. The lowest BCUT2D eigenvalue weighted by Crippen LogP contribution is -2.36. The largest absolute Gasteiger partial charge is 0.495 e. The minimum atomic E-state index is 0.490. The van der Waals surface area contributed by atoms with Crippen molar-refractivity contribution in [1.29, 1.82) is 0 Å². The lowest BCUT2D eigenvalue weighted by molar-refractivity contribution is 0.415. The van der Waals surface area contributed by atoms with E-state index < -0.39 is 0 Å². The van der Waals surface area contributed by atoms with E-state index >= 15 is 0 Å². The highest BCUT2D eigenvalue weighted by molar-refractivity contribution is 6.32. The maximum atomic E-state index is 5.98. The summed E-state index contributed by atoms with van der Waals surface area (Å²) in [6.45, 7) is 2.55. The Morgan fingerprint density at radius 3 is 2.81 bits per heavy atom. The minimum Gasteiger partial charge on any atom is -0.495 e. The number of nitrogens with one attached hydrogen (secondary N) is 2. The SMILES string of the molecule is CCN=C(NN)Nc1ccc(OC)c(Cl)c1. The number of ether oxygens (including phenoxy) is 1. The Morgan fingerprint density at radius 2 is 2.31 bits per heavy atom. The molecule has 0 spiro atoms. The van der Waals surface area contributed by atoms with Gasteiger partial charge in [0.05, 0.1) is 12.1 Å². The standard InChI is InChI=1S/C10H15ClN4O/c1-3-13-10(15-12)14-7-4-5-9(16-2)8(11)6-7/h4-6H,3,12H2,1-2H3,(H2,13,14,15). The van der Waals surface area contributed by atoms with Crippen molar-refractivity contribution in [2.75, 3.05) is 19.0 Å². The third-order valence-electron chi connectivity index (χ3n) is 1.87. The zero-order chi connectivity index (χ0) is 12.0. The van der Waals surface area contributed by atoms with Gasteiger partial charge in [0.25, 0.3) is 0 Å². The molecule has 88 valence electrons. The van der Waals surface area contributed by atoms with Crippen LogP contribution in [0.15, 0.2) is 23.2 Å². The quantitative estimate of drug-likeness (QED) is 0.326. The molecular formula is C10H15ClN4O. The van der Waals surface area contributed by atoms with E-state index in [1.165, 1.54) is 0 Å². The highest BCUT2D eigenvalue weighted by Gasteiger charge is 2.03. The number of aliphatic imine (C=N–C) groups is 1. The van der Waals surface area contributed by atoms with Crippen LogP contribution in [0.2, 0.25) is 5.02 Å². The topological polar surface area (TPSA) is 71.7 Å². The Bertz CT molecular complexity index is 381. The van der Waals surface area contributed by atoms with Crippen molar-refractivity contribution in [2.24, 2.45) is 10.8 Å². The van der Waals surface area contributed by atoms with Crippen LogP contribution in [0, 0.1) is 0 Å². The smallest absolute Gasteiger partial charge is 0.210 e. The summed E-state index contributed by atoms with van der Waals surface area (Å²) in [6.07, 6.45) is 0. The van der Waals surface area contributed by atoms with Crippen LogP contribution in [-0.2, 0) is 0 Å². The van der Waals surface area contributed by atoms with Crippen LogP contribution in [-0.4, -0.2) is 19.6 Å². The predicted octanol–water partition coefficient (Wildman–Crippen LogP) is 1.60. The first-order chi connectivity index (χ1) is 7.71. The molecule has 1 rings (SSSR count). The summed E-state index contributed by atoms with van der Waals surface area (Å²) in [6, 6.07) is 5.33. The molecule has 0 fully saturated rings. The van der Waals surface area contributed by atoms with E-state index in [4.69, 9.17) is 22.2 Å². The van der Waals surface area contributed by atoms with E-state index in [9.17, 15) is 0 Å². The zero-order valence-corrected chi connectivity index (χ0v) is 10.0. The number of anilines is 1. The third-order valence-corrected chi connectivity index (χ3v) is 2.16. The molecule has 0 atom stereocenters. The van der Waals surface area contributed by atoms with Crippen molar-refractivity contribution in [1.82, 2.24) is 5.43 Å². The first-order valence-electron chi connectivity index (χ1n) is 4.83. The molecule has 0 unspecified atom stereocenters. The predicted molar refractivity (Wildman–Crippen MR) is 66.9 cm³/mol. The molecule has 0 bridgehead atoms. The summed E-state index contributed by atoms with van der Waals surface area (Å²) in [5.41, 5.74) is 3.25.